The Balaban J connectivity index is 1.69. The summed E-state index contributed by atoms with van der Waals surface area (Å²) in [7, 11) is 1.71. The number of methoxy groups -OCH3 is 1. The smallest absolute Gasteiger partial charge is 0.231 e. The van der Waals surface area contributed by atoms with Gasteiger partial charge in [0.25, 0.3) is 0 Å². The minimum Gasteiger partial charge on any atom is -0.493 e. The third-order valence-corrected chi connectivity index (χ3v) is 5.66. The van der Waals surface area contributed by atoms with Crippen LogP contribution >= 0.6 is 0 Å². The molecule has 24 heavy (non-hydrogen) atoms. The second-order valence-corrected chi connectivity index (χ2v) is 7.09. The molecule has 1 aromatic rings. The van der Waals surface area contributed by atoms with Crippen molar-refractivity contribution in [2.24, 2.45) is 5.92 Å². The highest BCUT2D eigenvalue weighted by Gasteiger charge is 2.33. The zero-order valence-electron chi connectivity index (χ0n) is 14.6. The summed E-state index contributed by atoms with van der Waals surface area (Å²) >= 11 is 0. The van der Waals surface area contributed by atoms with E-state index in [1.165, 1.54) is 37.7 Å². The number of ether oxygens (including phenoxy) is 3. The number of rotatable bonds is 4. The average molecular weight is 332 g/mol. The van der Waals surface area contributed by atoms with Gasteiger partial charge in [-0.05, 0) is 36.5 Å². The van der Waals surface area contributed by atoms with Gasteiger partial charge in [-0.15, -0.1) is 0 Å². The Hall–Kier alpha value is -1.46. The summed E-state index contributed by atoms with van der Waals surface area (Å²) in [4.78, 5) is 2.66. The predicted octanol–water partition coefficient (Wildman–Crippen LogP) is 2.95. The summed E-state index contributed by atoms with van der Waals surface area (Å²) in [6.07, 6.45) is 6.75. The minimum atomic E-state index is 0.289. The second-order valence-electron chi connectivity index (χ2n) is 7.09. The van der Waals surface area contributed by atoms with Crippen molar-refractivity contribution in [1.82, 2.24) is 10.2 Å². The van der Waals surface area contributed by atoms with Crippen LogP contribution in [0.2, 0.25) is 0 Å². The van der Waals surface area contributed by atoms with E-state index in [1.807, 2.05) is 0 Å². The van der Waals surface area contributed by atoms with E-state index in [4.69, 9.17) is 14.2 Å². The van der Waals surface area contributed by atoms with Crippen molar-refractivity contribution in [2.75, 3.05) is 40.1 Å². The van der Waals surface area contributed by atoms with Crippen molar-refractivity contribution in [2.45, 2.75) is 38.1 Å². The van der Waals surface area contributed by atoms with E-state index in [-0.39, 0.29) is 6.79 Å². The standard InChI is InChI=1S/C19H28N2O3/c1-22-16-11-15(12-17-19(16)24-13-23-17)18(14-5-3-2-4-6-14)21-9-7-20-8-10-21/h11-12,14,18,20H,2-10,13H2,1H3/t18-/m0/s1. The Bertz CT molecular complexity index is 548. The molecule has 1 aromatic carbocycles. The van der Waals surface area contributed by atoms with Crippen LogP contribution in [0.15, 0.2) is 12.1 Å². The van der Waals surface area contributed by atoms with Gasteiger partial charge in [0.2, 0.25) is 12.5 Å². The Morgan fingerprint density at radius 1 is 1.12 bits per heavy atom. The summed E-state index contributed by atoms with van der Waals surface area (Å²) in [6, 6.07) is 4.82. The van der Waals surface area contributed by atoms with Crippen molar-refractivity contribution < 1.29 is 14.2 Å². The van der Waals surface area contributed by atoms with E-state index in [9.17, 15) is 0 Å². The summed E-state index contributed by atoms with van der Waals surface area (Å²) < 4.78 is 16.8. The van der Waals surface area contributed by atoms with Gasteiger partial charge in [-0.2, -0.15) is 0 Å². The third-order valence-electron chi connectivity index (χ3n) is 5.66. The molecule has 5 nitrogen and oxygen atoms in total. The SMILES string of the molecule is COc1cc([C@H](C2CCCCC2)N2CCNCC2)cc2c1OCO2. The Morgan fingerprint density at radius 2 is 1.92 bits per heavy atom. The molecule has 1 saturated heterocycles. The van der Waals surface area contributed by atoms with Crippen LogP contribution < -0.4 is 19.5 Å². The molecule has 0 aromatic heterocycles. The van der Waals surface area contributed by atoms with Gasteiger partial charge in [0.1, 0.15) is 0 Å². The molecule has 1 N–H and O–H groups in total. The van der Waals surface area contributed by atoms with E-state index < -0.39 is 0 Å². The normalized spacial score (nSPS) is 23.2. The van der Waals surface area contributed by atoms with Crippen LogP contribution in [0.25, 0.3) is 0 Å². The fourth-order valence-electron chi connectivity index (χ4n) is 4.51. The van der Waals surface area contributed by atoms with Gasteiger partial charge in [0.15, 0.2) is 11.5 Å². The lowest BCUT2D eigenvalue weighted by Crippen LogP contribution is -2.47. The van der Waals surface area contributed by atoms with Crippen LogP contribution in [-0.4, -0.2) is 45.0 Å². The fraction of sp³-hybridized carbons (Fsp3) is 0.684. The maximum absolute atomic E-state index is 5.67. The van der Waals surface area contributed by atoms with Crippen LogP contribution in [0, 0.1) is 5.92 Å². The first-order valence-corrected chi connectivity index (χ1v) is 9.29. The first-order chi connectivity index (χ1) is 11.9. The molecule has 0 unspecified atom stereocenters. The Kier molecular flexibility index (Phi) is 4.81. The van der Waals surface area contributed by atoms with Crippen LogP contribution in [0.1, 0.15) is 43.7 Å². The number of nitrogens with one attached hydrogen (secondary N) is 1. The largest absolute Gasteiger partial charge is 0.493 e. The highest BCUT2D eigenvalue weighted by molar-refractivity contribution is 5.55. The van der Waals surface area contributed by atoms with E-state index in [2.05, 4.69) is 22.3 Å². The number of piperazine rings is 1. The predicted molar refractivity (Wildman–Crippen MR) is 92.9 cm³/mol. The number of hydrogen-bond donors (Lipinski definition) is 1. The van der Waals surface area contributed by atoms with Crippen molar-refractivity contribution in [3.05, 3.63) is 17.7 Å². The van der Waals surface area contributed by atoms with Crippen LogP contribution in [0.4, 0.5) is 0 Å². The average Bonchev–Trinajstić information content (AvgIpc) is 3.12. The molecule has 2 heterocycles. The molecule has 5 heteroatoms. The molecule has 0 bridgehead atoms. The molecule has 0 amide bonds. The van der Waals surface area contributed by atoms with E-state index in [0.29, 0.717) is 6.04 Å². The summed E-state index contributed by atoms with van der Waals surface area (Å²) in [5, 5.41) is 3.48. The first-order valence-electron chi connectivity index (χ1n) is 9.29. The summed E-state index contributed by atoms with van der Waals surface area (Å²) in [6.45, 7) is 4.66. The van der Waals surface area contributed by atoms with Crippen molar-refractivity contribution >= 4 is 0 Å². The maximum atomic E-state index is 5.67. The molecule has 2 fully saturated rings. The zero-order chi connectivity index (χ0) is 16.4. The molecule has 1 atom stereocenters. The highest BCUT2D eigenvalue weighted by atomic mass is 16.7. The molecular formula is C19H28N2O3. The highest BCUT2D eigenvalue weighted by Crippen LogP contribution is 2.46. The van der Waals surface area contributed by atoms with Crippen molar-refractivity contribution in [3.8, 4) is 17.2 Å². The van der Waals surface area contributed by atoms with E-state index >= 15 is 0 Å². The van der Waals surface area contributed by atoms with Gasteiger partial charge in [0.05, 0.1) is 7.11 Å². The topological polar surface area (TPSA) is 43.0 Å². The fourth-order valence-corrected chi connectivity index (χ4v) is 4.51. The lowest BCUT2D eigenvalue weighted by molar-refractivity contribution is 0.103. The van der Waals surface area contributed by atoms with Gasteiger partial charge in [0, 0.05) is 32.2 Å². The van der Waals surface area contributed by atoms with Crippen molar-refractivity contribution in [3.63, 3.8) is 0 Å². The Morgan fingerprint density at radius 3 is 2.67 bits per heavy atom. The van der Waals surface area contributed by atoms with Gasteiger partial charge in [-0.25, -0.2) is 0 Å². The zero-order valence-corrected chi connectivity index (χ0v) is 14.6. The van der Waals surface area contributed by atoms with Gasteiger partial charge < -0.3 is 19.5 Å². The number of benzene rings is 1. The van der Waals surface area contributed by atoms with Crippen molar-refractivity contribution in [1.29, 1.82) is 0 Å². The Labute approximate surface area is 144 Å². The van der Waals surface area contributed by atoms with Gasteiger partial charge >= 0.3 is 0 Å². The van der Waals surface area contributed by atoms with Gasteiger partial charge in [-0.3, -0.25) is 4.90 Å². The van der Waals surface area contributed by atoms with Gasteiger partial charge in [-0.1, -0.05) is 19.3 Å². The van der Waals surface area contributed by atoms with E-state index in [0.717, 1.165) is 49.3 Å². The lowest BCUT2D eigenvalue weighted by Gasteiger charge is -2.41. The molecule has 1 saturated carbocycles. The summed E-state index contributed by atoms with van der Waals surface area (Å²) in [5.74, 6) is 3.11. The number of hydrogen-bond acceptors (Lipinski definition) is 5. The van der Waals surface area contributed by atoms with E-state index in [1.54, 1.807) is 7.11 Å². The molecule has 2 aliphatic heterocycles. The summed E-state index contributed by atoms with van der Waals surface area (Å²) in [5.41, 5.74) is 1.32. The molecule has 4 rings (SSSR count). The van der Waals surface area contributed by atoms with Crippen LogP contribution in [0.3, 0.4) is 0 Å². The molecule has 132 valence electrons. The van der Waals surface area contributed by atoms with Crippen LogP contribution in [0.5, 0.6) is 17.2 Å². The monoisotopic (exact) mass is 332 g/mol. The molecule has 0 spiro atoms. The second kappa shape index (κ2) is 7.19. The molecule has 3 aliphatic rings. The van der Waals surface area contributed by atoms with Crippen LogP contribution in [-0.2, 0) is 0 Å². The molecular weight excluding hydrogens is 304 g/mol. The minimum absolute atomic E-state index is 0.289. The quantitative estimate of drug-likeness (QED) is 0.918. The number of fused-ring (bicyclic) bond motifs is 1. The molecule has 0 radical (unpaired) electrons. The number of nitrogens with zero attached hydrogens (tertiary/aromatic N) is 1. The maximum Gasteiger partial charge on any atom is 0.231 e. The third kappa shape index (κ3) is 3.07. The lowest BCUT2D eigenvalue weighted by atomic mass is 9.80. The molecule has 1 aliphatic carbocycles. The first kappa shape index (κ1) is 16.0.